The normalized spacial score (nSPS) is 16.2. The minimum atomic E-state index is -1.30. The summed E-state index contributed by atoms with van der Waals surface area (Å²) in [5.41, 5.74) is 1.38. The zero-order valence-corrected chi connectivity index (χ0v) is 84.3. The molecule has 0 saturated carbocycles. The number of pyridine rings is 9. The van der Waals surface area contributed by atoms with Gasteiger partial charge in [-0.3, -0.25) is 130 Å². The fourth-order valence-electron chi connectivity index (χ4n) is 18.4. The van der Waals surface area contributed by atoms with Crippen LogP contribution in [0.4, 0.5) is 88.6 Å². The molecule has 0 saturated heterocycles. The molecule has 9 aromatic carbocycles. The van der Waals surface area contributed by atoms with Crippen LogP contribution in [0.1, 0.15) is 234 Å². The second kappa shape index (κ2) is 44.5. The number of halogens is 15. The molecule has 0 fully saturated rings. The van der Waals surface area contributed by atoms with Crippen LogP contribution in [0.15, 0.2) is 237 Å². The average Bonchev–Trinajstić information content (AvgIpc) is 0.737. The van der Waals surface area contributed by atoms with Crippen molar-refractivity contribution < 1.29 is 126 Å². The third-order valence-corrected chi connectivity index (χ3v) is 25.5. The van der Waals surface area contributed by atoms with E-state index in [4.69, 9.17) is 71.1 Å². The van der Waals surface area contributed by atoms with Crippen LogP contribution < -0.4 is 0 Å². The van der Waals surface area contributed by atoms with E-state index in [0.717, 1.165) is 54.6 Å². The summed E-state index contributed by atoms with van der Waals surface area (Å²) < 4.78 is 226. The summed E-state index contributed by atoms with van der Waals surface area (Å²) >= 11 is 0. The molecular formula is C117H57F15Ir3N15. The average molecular weight is 2530 g/mol. The monoisotopic (exact) mass is 2540 g/mol. The van der Waals surface area contributed by atoms with Gasteiger partial charge in [-0.15, -0.1) is 75.3 Å². The van der Waals surface area contributed by atoms with E-state index in [-0.39, 0.29) is 196 Å². The van der Waals surface area contributed by atoms with Crippen LogP contribution in [0, 0.1) is 212 Å². The third-order valence-electron chi connectivity index (χ3n) is 25.5. The molecule has 3 aliphatic rings. The number of nitriles is 2. The molecule has 4 unspecified atom stereocenters. The van der Waals surface area contributed by atoms with Gasteiger partial charge in [0.05, 0.1) is 141 Å². The Hall–Kier alpha value is -16.8. The van der Waals surface area contributed by atoms with Gasteiger partial charge in [0.25, 0.3) is 0 Å². The molecule has 0 N–H and O–H groups in total. The van der Waals surface area contributed by atoms with Gasteiger partial charge in [-0.1, -0.05) is 92.1 Å². The predicted molar refractivity (Wildman–Crippen MR) is 502 cm³/mol. The first-order chi connectivity index (χ1) is 71.1. The maximum Gasteiger partial charge on any atom is 3.00 e. The number of benzene rings is 9. The summed E-state index contributed by atoms with van der Waals surface area (Å²) in [4.78, 5) is 56.7. The molecule has 150 heavy (non-hydrogen) atoms. The first-order valence-corrected chi connectivity index (χ1v) is 44.5. The van der Waals surface area contributed by atoms with Crippen LogP contribution in [-0.2, 0) is 60.3 Å². The summed E-state index contributed by atoms with van der Waals surface area (Å²) in [6.45, 7) is 33.7. The number of fused-ring (bicyclic) bond motifs is 18. The smallest absolute Gasteiger partial charge is 0.297 e. The van der Waals surface area contributed by atoms with Crippen LogP contribution in [0.3, 0.4) is 0 Å². The molecule has 732 valence electrons. The van der Waals surface area contributed by atoms with Gasteiger partial charge in [-0.25, -0.2) is 0 Å². The number of aromatic nitrogens is 9. The number of hydrogen-bond acceptors (Lipinski definition) is 11. The number of nitrogens with zero attached hydrogens (tertiary/aromatic N) is 15. The van der Waals surface area contributed by atoms with Crippen molar-refractivity contribution in [3.63, 3.8) is 0 Å². The summed E-state index contributed by atoms with van der Waals surface area (Å²) in [6, 6.07) is 85.6. The molecule has 18 aromatic rings. The molecule has 4 atom stereocenters. The quantitative estimate of drug-likeness (QED) is 0.0991. The van der Waals surface area contributed by atoms with Crippen molar-refractivity contribution in [2.24, 2.45) is 0 Å². The molecule has 33 heteroatoms. The molecule has 21 rings (SSSR count). The minimum Gasteiger partial charge on any atom is -0.297 e. The molecule has 15 nitrogen and oxygen atoms in total. The minimum absolute atomic E-state index is 0. The van der Waals surface area contributed by atoms with Crippen LogP contribution in [-0.4, -0.2) is 44.9 Å². The van der Waals surface area contributed by atoms with E-state index in [0.29, 0.717) is 50.9 Å². The van der Waals surface area contributed by atoms with Crippen molar-refractivity contribution in [1.29, 1.82) is 10.5 Å². The zero-order valence-electron chi connectivity index (χ0n) is 77.1. The first kappa shape index (κ1) is 106. The Morgan fingerprint density at radius 3 is 0.660 bits per heavy atom. The van der Waals surface area contributed by atoms with Gasteiger partial charge in [-0.2, -0.15) is 113 Å². The van der Waals surface area contributed by atoms with Gasteiger partial charge >= 0.3 is 60.3 Å². The van der Waals surface area contributed by atoms with E-state index in [9.17, 15) is 50.0 Å². The van der Waals surface area contributed by atoms with Crippen molar-refractivity contribution in [2.75, 3.05) is 0 Å². The van der Waals surface area contributed by atoms with Crippen molar-refractivity contribution in [2.45, 2.75) is 74.0 Å². The fourth-order valence-corrected chi connectivity index (χ4v) is 18.4. The summed E-state index contributed by atoms with van der Waals surface area (Å²) in [5.74, 6) is -23.4. The van der Waals surface area contributed by atoms with Crippen molar-refractivity contribution in [3.05, 3.63) is 604 Å². The van der Waals surface area contributed by atoms with Crippen LogP contribution in [0.5, 0.6) is 0 Å². The molecular weight excluding hydrogens is 2480 g/mol. The number of hydrogen-bond donors (Lipinski definition) is 0. The summed E-state index contributed by atoms with van der Waals surface area (Å²) in [7, 11) is 0. The van der Waals surface area contributed by atoms with Crippen molar-refractivity contribution >= 4 is 22.7 Å². The molecule has 0 aliphatic carbocycles. The van der Waals surface area contributed by atoms with E-state index >= 15 is 26.3 Å². The second-order valence-electron chi connectivity index (χ2n) is 34.0. The van der Waals surface area contributed by atoms with Gasteiger partial charge in [0.2, 0.25) is 0 Å². The maximum atomic E-state index is 16.0. The molecule has 12 heterocycles. The maximum absolute atomic E-state index is 16.0. The Balaban J connectivity index is 0.000000159. The molecule has 3 aliphatic heterocycles. The van der Waals surface area contributed by atoms with Crippen LogP contribution in [0.2, 0.25) is 0 Å². The molecule has 0 amide bonds. The van der Waals surface area contributed by atoms with E-state index in [2.05, 4.69) is 74.0 Å². The summed E-state index contributed by atoms with van der Waals surface area (Å²) in [5, 5.41) is 19.2. The molecule has 0 spiro atoms. The third kappa shape index (κ3) is 19.9. The van der Waals surface area contributed by atoms with E-state index in [1.165, 1.54) is 99.6 Å². The Bertz CT molecular complexity index is 7780. The Morgan fingerprint density at radius 1 is 0.233 bits per heavy atom. The largest absolute Gasteiger partial charge is 3.00 e. The molecule has 9 aromatic heterocycles. The molecule has 18 bridgehead atoms. The molecule has 0 radical (unpaired) electrons. The predicted octanol–water partition coefficient (Wildman–Crippen LogP) is 26.3. The van der Waals surface area contributed by atoms with E-state index < -0.39 is 157 Å². The van der Waals surface area contributed by atoms with Gasteiger partial charge in [0, 0.05) is 146 Å². The van der Waals surface area contributed by atoms with Gasteiger partial charge in [-0.05, 0) is 115 Å². The SMILES string of the molecule is Cc1c(F)c[c-]c(C2c3cccc(n3)C(c3[c-]cc(F)c(C)c3F)c3cccc(n3)C(c3[c-]cc(F)c(C)c3F)c3cccc2n3)c1F.[C-]#[N+]c1c(F)c[c-]c(C2c3cccc(n3)C(c3[c-]cc(F)c(C#N)c3F)c3cccc(n3)C(c3[c-]cc(F)c([N+]#[C-])c3F)c3cccc2n3)c1F.[C-]#[N+]c1cc(C2c3cccc(n3)C(c3[c-]cc(F)c(C#N)c3)c3cccc(n3)C(c3[c-]cc(F)c([N+]#[C-])c3)c3cccc2n3)[c-]cc1F.[Ir+3].[Ir+3].[Ir+3]. The van der Waals surface area contributed by atoms with Crippen molar-refractivity contribution in [3.8, 4) is 12.1 Å². The van der Waals surface area contributed by atoms with Crippen LogP contribution >= 0.6 is 0 Å². The second-order valence-corrected chi connectivity index (χ2v) is 34.0. The Morgan fingerprint density at radius 2 is 0.433 bits per heavy atom. The van der Waals surface area contributed by atoms with Gasteiger partial charge in [0.1, 0.15) is 22.7 Å². The fraction of sp³-hybridized carbons (Fsp3) is 0.103. The van der Waals surface area contributed by atoms with E-state index in [1.54, 1.807) is 109 Å². The topological polar surface area (TPSA) is 181 Å². The zero-order chi connectivity index (χ0) is 103. The Kier molecular flexibility index (Phi) is 31.4. The number of rotatable bonds is 9. The first-order valence-electron chi connectivity index (χ1n) is 44.5. The van der Waals surface area contributed by atoms with Crippen LogP contribution in [0.25, 0.3) is 19.4 Å². The van der Waals surface area contributed by atoms with Gasteiger partial charge < -0.3 is 0 Å². The standard InChI is InChI=1S/C39H15F6N6.C39H24F6N3.C39H18F3N6.3Ir/c1-47-38-24(41)16-13-20(36(38)44)33-28-8-3-6-26(49-28)32(19-12-15-23(40)22(18-46)35(19)43)27-7-4-9-29(50-27)34(31-11-5-10-30(33)51-31)21-14-17-25(42)39(48-2)37(21)45;1-19-25(40)16-13-22(37(19)43)34-28-7-4-9-30(46-28)35(23-14-17-26(41)20(2)38(23)44)32-11-6-12-33(48-32)36(31-10-5-8-29(34)47-31)24-15-18-27(42)21(3)39(24)45;1-44-35-19-23(13-16-27(35)41)38-31-8-3-6-29(46-31)37(22-12-15-26(40)25(18-22)21-43)30-7-4-9-32(47-30)39(34-11-5-10-33(38)48-34)24-14-17-28(42)36(20-24)45-2;;;/h3-11,15-17,32-34H;4-12,16-18,34-36H,1-3H3;3-11,15-20,37-39H;;;/q3*-3;3*+3. The van der Waals surface area contributed by atoms with Crippen molar-refractivity contribution in [1.82, 2.24) is 44.9 Å². The summed E-state index contributed by atoms with van der Waals surface area (Å²) in [6.07, 6.45) is 0. The van der Waals surface area contributed by atoms with Gasteiger partial charge in [0.15, 0.2) is 0 Å². The Labute approximate surface area is 888 Å². The van der Waals surface area contributed by atoms with E-state index in [1.807, 2.05) is 6.07 Å².